The van der Waals surface area contributed by atoms with E-state index in [0.29, 0.717) is 0 Å². The summed E-state index contributed by atoms with van der Waals surface area (Å²) in [5.74, 6) is 0.514. The first-order chi connectivity index (χ1) is 17.8. The molecule has 2 nitrogen and oxygen atoms in total. The van der Waals surface area contributed by atoms with Crippen LogP contribution >= 0.6 is 0 Å². The minimum Gasteiger partial charge on any atom is -0.192 e. The third kappa shape index (κ3) is 2.82. The van der Waals surface area contributed by atoms with Crippen LogP contribution in [-0.2, 0) is 0 Å². The zero-order chi connectivity index (χ0) is 24.2. The maximum Gasteiger partial charge on any atom is 0.130 e. The molecule has 0 heterocycles. The summed E-state index contributed by atoms with van der Waals surface area (Å²) in [7, 11) is 0. The summed E-state index contributed by atoms with van der Waals surface area (Å²) in [6.45, 7) is 0. The van der Waals surface area contributed by atoms with E-state index in [1.807, 2.05) is 12.1 Å². The molecule has 5 unspecified atom stereocenters. The van der Waals surface area contributed by atoms with E-state index in [-0.39, 0.29) is 35.2 Å². The minimum absolute atomic E-state index is 0.0339. The Balaban J connectivity index is 1.60. The highest BCUT2D eigenvalue weighted by molar-refractivity contribution is 5.68. The third-order valence-electron chi connectivity index (χ3n) is 8.65. The van der Waals surface area contributed by atoms with Gasteiger partial charge in [-0.25, -0.2) is 0 Å². The first-order valence-corrected chi connectivity index (χ1v) is 12.7. The Bertz CT molecular complexity index is 1560. The van der Waals surface area contributed by atoms with Crippen LogP contribution in [0.2, 0.25) is 0 Å². The number of hydrogen-bond acceptors (Lipinski definition) is 2. The molecule has 5 atom stereocenters. The van der Waals surface area contributed by atoms with E-state index in [1.54, 1.807) is 0 Å². The van der Waals surface area contributed by atoms with E-state index >= 15 is 0 Å². The Labute approximate surface area is 211 Å². The number of fused-ring (bicyclic) bond motifs is 3. The van der Waals surface area contributed by atoms with Gasteiger partial charge >= 0.3 is 0 Å². The molecule has 2 heteroatoms. The molecule has 2 aromatic rings. The highest BCUT2D eigenvalue weighted by Gasteiger charge is 2.56. The van der Waals surface area contributed by atoms with Gasteiger partial charge in [-0.05, 0) is 51.3 Å². The van der Waals surface area contributed by atoms with Gasteiger partial charge in [0.05, 0.1) is 0 Å². The van der Waals surface area contributed by atoms with E-state index in [1.165, 1.54) is 39.0 Å². The number of nitriles is 2. The molecule has 0 aromatic heterocycles. The van der Waals surface area contributed by atoms with Gasteiger partial charge in [-0.15, -0.1) is 0 Å². The van der Waals surface area contributed by atoms with Crippen LogP contribution in [0.25, 0.3) is 0 Å². The maximum atomic E-state index is 10.2. The van der Waals surface area contributed by atoms with Crippen LogP contribution in [0.5, 0.6) is 0 Å². The molecule has 0 amide bonds. The van der Waals surface area contributed by atoms with E-state index in [2.05, 4.69) is 103 Å². The summed E-state index contributed by atoms with van der Waals surface area (Å²) < 4.78 is 0. The monoisotopic (exact) mass is 460 g/mol. The van der Waals surface area contributed by atoms with Crippen molar-refractivity contribution in [2.75, 3.05) is 0 Å². The fraction of sp³-hybridized carbons (Fsp3) is 0.176. The first kappa shape index (κ1) is 20.9. The molecule has 0 saturated heterocycles. The van der Waals surface area contributed by atoms with Crippen molar-refractivity contribution in [2.24, 2.45) is 17.8 Å². The van der Waals surface area contributed by atoms with Crippen LogP contribution < -0.4 is 0 Å². The van der Waals surface area contributed by atoms with Gasteiger partial charge in [0, 0.05) is 23.7 Å². The molecule has 1 saturated carbocycles. The lowest BCUT2D eigenvalue weighted by Crippen LogP contribution is -2.35. The van der Waals surface area contributed by atoms with Gasteiger partial charge in [0.1, 0.15) is 17.7 Å². The maximum absolute atomic E-state index is 10.2. The van der Waals surface area contributed by atoms with Crippen LogP contribution in [0.1, 0.15) is 29.4 Å². The second kappa shape index (κ2) is 8.08. The molecule has 36 heavy (non-hydrogen) atoms. The second-order valence-electron chi connectivity index (χ2n) is 10.2. The Morgan fingerprint density at radius 1 is 0.750 bits per heavy atom. The fourth-order valence-electron chi connectivity index (χ4n) is 7.47. The van der Waals surface area contributed by atoms with Crippen LogP contribution in [-0.4, -0.2) is 0 Å². The fourth-order valence-corrected chi connectivity index (χ4v) is 7.47. The number of nitrogens with zero attached hydrogens (tertiary/aromatic N) is 2. The number of hydrogen-bond donors (Lipinski definition) is 0. The molecule has 0 bridgehead atoms. The van der Waals surface area contributed by atoms with Gasteiger partial charge in [0.2, 0.25) is 0 Å². The topological polar surface area (TPSA) is 47.6 Å². The van der Waals surface area contributed by atoms with E-state index in [4.69, 9.17) is 0 Å². The summed E-state index contributed by atoms with van der Waals surface area (Å²) in [5.41, 5.74) is 10.6. The molecule has 1 fully saturated rings. The van der Waals surface area contributed by atoms with E-state index in [9.17, 15) is 10.5 Å². The largest absolute Gasteiger partial charge is 0.192 e. The standard InChI is InChI=1S/C34H24N2/c35-19-25(20-36)32-30(21-9-3-1-4-10-21)33-26-15-7-13-23-17-18-24-14-8-16-27(29(24)28(23)26)34(33)31(32)22-11-5-2-6-12-22/h1-13,15-18,28,30-31,33-34H,14H2. The summed E-state index contributed by atoms with van der Waals surface area (Å²) in [6.07, 6.45) is 16.9. The van der Waals surface area contributed by atoms with Gasteiger partial charge < -0.3 is 0 Å². The highest BCUT2D eigenvalue weighted by atomic mass is 14.6. The highest BCUT2D eigenvalue weighted by Crippen LogP contribution is 2.67. The smallest absolute Gasteiger partial charge is 0.130 e. The summed E-state index contributed by atoms with van der Waals surface area (Å²) in [4.78, 5) is 0. The lowest BCUT2D eigenvalue weighted by molar-refractivity contribution is 0.401. The predicted octanol–water partition coefficient (Wildman–Crippen LogP) is 7.39. The molecular formula is C34H24N2. The Morgan fingerprint density at radius 2 is 1.42 bits per heavy atom. The van der Waals surface area contributed by atoms with Gasteiger partial charge in [0.25, 0.3) is 0 Å². The molecule has 0 aliphatic heterocycles. The quantitative estimate of drug-likeness (QED) is 0.439. The summed E-state index contributed by atoms with van der Waals surface area (Å²) in [6, 6.07) is 25.7. The molecule has 170 valence electrons. The molecule has 2 aromatic carbocycles. The van der Waals surface area contributed by atoms with Gasteiger partial charge in [-0.1, -0.05) is 109 Å². The molecule has 5 aliphatic rings. The lowest BCUT2D eigenvalue weighted by atomic mass is 9.57. The minimum atomic E-state index is -0.0377. The number of benzene rings is 2. The van der Waals surface area contributed by atoms with Crippen LogP contribution in [0.3, 0.4) is 0 Å². The molecule has 0 spiro atoms. The lowest BCUT2D eigenvalue weighted by Gasteiger charge is -2.46. The van der Waals surface area contributed by atoms with E-state index < -0.39 is 0 Å². The van der Waals surface area contributed by atoms with Gasteiger partial charge in [0.15, 0.2) is 0 Å². The van der Waals surface area contributed by atoms with Crippen molar-refractivity contribution in [1.29, 1.82) is 10.5 Å². The first-order valence-electron chi connectivity index (χ1n) is 12.7. The number of rotatable bonds is 2. The van der Waals surface area contributed by atoms with Crippen molar-refractivity contribution < 1.29 is 0 Å². The summed E-state index contributed by atoms with van der Waals surface area (Å²) >= 11 is 0. The SMILES string of the molecule is N#CC(C#N)=C1C(c2ccccc2)C2C3=CC=CC4=CC=C5CC=CC(=C5C43)C2C1c1ccccc1. The Morgan fingerprint density at radius 3 is 2.08 bits per heavy atom. The molecule has 5 aliphatic carbocycles. The van der Waals surface area contributed by atoms with Crippen molar-refractivity contribution in [2.45, 2.75) is 18.3 Å². The molecule has 0 N–H and O–H groups in total. The van der Waals surface area contributed by atoms with Crippen LogP contribution in [0.15, 0.2) is 142 Å². The zero-order valence-corrected chi connectivity index (χ0v) is 19.8. The predicted molar refractivity (Wildman–Crippen MR) is 141 cm³/mol. The Hall–Kier alpha value is -4.40. The average molecular weight is 461 g/mol. The average Bonchev–Trinajstić information content (AvgIpc) is 3.30. The normalized spacial score (nSPS) is 28.8. The van der Waals surface area contributed by atoms with Gasteiger partial charge in [-0.2, -0.15) is 10.5 Å². The Kier molecular flexibility index (Phi) is 4.70. The van der Waals surface area contributed by atoms with E-state index in [0.717, 1.165) is 12.0 Å². The van der Waals surface area contributed by atoms with Crippen molar-refractivity contribution in [1.82, 2.24) is 0 Å². The molecule has 7 rings (SSSR count). The van der Waals surface area contributed by atoms with Crippen molar-refractivity contribution in [3.8, 4) is 12.1 Å². The van der Waals surface area contributed by atoms with Crippen molar-refractivity contribution >= 4 is 0 Å². The zero-order valence-electron chi connectivity index (χ0n) is 19.8. The molecular weight excluding hydrogens is 436 g/mol. The van der Waals surface area contributed by atoms with Crippen LogP contribution in [0.4, 0.5) is 0 Å². The van der Waals surface area contributed by atoms with Crippen molar-refractivity contribution in [3.05, 3.63) is 153 Å². The number of allylic oxidation sites excluding steroid dienone is 14. The van der Waals surface area contributed by atoms with Crippen LogP contribution in [0, 0.1) is 40.4 Å². The van der Waals surface area contributed by atoms with Crippen molar-refractivity contribution in [3.63, 3.8) is 0 Å². The summed E-state index contributed by atoms with van der Waals surface area (Å²) in [5, 5.41) is 20.4. The third-order valence-corrected chi connectivity index (χ3v) is 8.65. The van der Waals surface area contributed by atoms with Gasteiger partial charge in [-0.3, -0.25) is 0 Å². The molecule has 0 radical (unpaired) electrons. The second-order valence-corrected chi connectivity index (χ2v) is 10.2.